The lowest BCUT2D eigenvalue weighted by atomic mass is 10.2. The molecular weight excluding hydrogens is 351 g/mol. The Hall–Kier alpha value is -0.860. The van der Waals surface area contributed by atoms with Crippen LogP contribution in [0.25, 0.3) is 0 Å². The van der Waals surface area contributed by atoms with E-state index in [4.69, 9.17) is 11.6 Å². The maximum absolute atomic E-state index is 12.2. The molecule has 1 fully saturated rings. The Morgan fingerprint density at radius 3 is 2.77 bits per heavy atom. The van der Waals surface area contributed by atoms with E-state index in [9.17, 15) is 13.2 Å². The van der Waals surface area contributed by atoms with E-state index in [2.05, 4.69) is 14.8 Å². The van der Waals surface area contributed by atoms with Crippen molar-refractivity contribution in [1.29, 1.82) is 0 Å². The zero-order valence-corrected chi connectivity index (χ0v) is 14.4. The van der Waals surface area contributed by atoms with Gasteiger partial charge in [0.2, 0.25) is 10.0 Å². The van der Waals surface area contributed by atoms with Crippen LogP contribution in [-0.4, -0.2) is 40.6 Å². The van der Waals surface area contributed by atoms with Crippen LogP contribution in [0.3, 0.4) is 0 Å². The first-order valence-electron chi connectivity index (χ1n) is 6.55. The minimum absolute atomic E-state index is 0. The highest BCUT2D eigenvalue weighted by Gasteiger charge is 2.22. The zero-order chi connectivity index (χ0) is 15.5. The highest BCUT2D eigenvalue weighted by Crippen LogP contribution is 2.23. The fraction of sp³-hybridized carbons (Fsp3) is 0.462. The van der Waals surface area contributed by atoms with Gasteiger partial charge in [-0.2, -0.15) is 0 Å². The van der Waals surface area contributed by atoms with Crippen molar-refractivity contribution in [2.75, 3.05) is 20.2 Å². The third-order valence-electron chi connectivity index (χ3n) is 3.32. The van der Waals surface area contributed by atoms with Gasteiger partial charge in [0.05, 0.1) is 17.7 Å². The van der Waals surface area contributed by atoms with E-state index in [1.807, 2.05) is 0 Å². The van der Waals surface area contributed by atoms with Crippen molar-refractivity contribution >= 4 is 40.0 Å². The van der Waals surface area contributed by atoms with Crippen LogP contribution in [-0.2, 0) is 14.8 Å². The van der Waals surface area contributed by atoms with Gasteiger partial charge in [0.15, 0.2) is 0 Å². The number of hydrogen-bond acceptors (Lipinski definition) is 5. The quantitative estimate of drug-likeness (QED) is 0.770. The van der Waals surface area contributed by atoms with E-state index < -0.39 is 16.0 Å². The number of halogens is 2. The van der Waals surface area contributed by atoms with Crippen molar-refractivity contribution in [2.45, 2.75) is 23.8 Å². The maximum Gasteiger partial charge on any atom is 0.337 e. The predicted octanol–water partition coefficient (Wildman–Crippen LogP) is 1.58. The molecule has 1 aromatic carbocycles. The summed E-state index contributed by atoms with van der Waals surface area (Å²) in [5.41, 5.74) is 0.207. The molecule has 1 aliphatic rings. The Labute approximate surface area is 141 Å². The van der Waals surface area contributed by atoms with Crippen molar-refractivity contribution in [3.05, 3.63) is 28.8 Å². The van der Waals surface area contributed by atoms with Gasteiger partial charge >= 0.3 is 5.97 Å². The number of hydrogen-bond donors (Lipinski definition) is 2. The molecule has 1 aromatic rings. The molecule has 1 heterocycles. The SMILES string of the molecule is COC(=O)c1ccc(S(=O)(=O)NCC2CCCN2)c(Cl)c1.Cl. The summed E-state index contributed by atoms with van der Waals surface area (Å²) < 4.78 is 31.5. The summed E-state index contributed by atoms with van der Waals surface area (Å²) in [7, 11) is -2.45. The summed E-state index contributed by atoms with van der Waals surface area (Å²) in [6.07, 6.45) is 1.98. The highest BCUT2D eigenvalue weighted by molar-refractivity contribution is 7.89. The summed E-state index contributed by atoms with van der Waals surface area (Å²) >= 11 is 5.97. The lowest BCUT2D eigenvalue weighted by Gasteiger charge is -2.13. The van der Waals surface area contributed by atoms with Gasteiger partial charge in [-0.15, -0.1) is 12.4 Å². The van der Waals surface area contributed by atoms with Crippen LogP contribution in [0.1, 0.15) is 23.2 Å². The average Bonchev–Trinajstić information content (AvgIpc) is 2.97. The van der Waals surface area contributed by atoms with Crippen molar-refractivity contribution in [2.24, 2.45) is 0 Å². The Kier molecular flexibility index (Phi) is 7.08. The van der Waals surface area contributed by atoms with Crippen LogP contribution in [0.4, 0.5) is 0 Å². The number of methoxy groups -OCH3 is 1. The minimum atomic E-state index is -3.70. The second-order valence-corrected chi connectivity index (χ2v) is 6.92. The van der Waals surface area contributed by atoms with Crippen molar-refractivity contribution in [1.82, 2.24) is 10.0 Å². The number of nitrogens with one attached hydrogen (secondary N) is 2. The van der Waals surface area contributed by atoms with Gasteiger partial charge < -0.3 is 10.1 Å². The molecule has 0 aromatic heterocycles. The molecule has 1 saturated heterocycles. The van der Waals surface area contributed by atoms with Gasteiger partial charge in [0.1, 0.15) is 4.90 Å². The smallest absolute Gasteiger partial charge is 0.337 e. The molecule has 1 atom stereocenters. The molecule has 2 N–H and O–H groups in total. The van der Waals surface area contributed by atoms with Crippen LogP contribution in [0.5, 0.6) is 0 Å². The molecule has 6 nitrogen and oxygen atoms in total. The number of ether oxygens (including phenoxy) is 1. The van der Waals surface area contributed by atoms with Gasteiger partial charge in [-0.1, -0.05) is 11.6 Å². The Morgan fingerprint density at radius 2 is 2.23 bits per heavy atom. The monoisotopic (exact) mass is 368 g/mol. The standard InChI is InChI=1S/C13H17ClN2O4S.ClH/c1-20-13(17)9-4-5-12(11(14)7-9)21(18,19)16-8-10-3-2-6-15-10;/h4-5,7,10,15-16H,2-3,6,8H2,1H3;1H. The van der Waals surface area contributed by atoms with Crippen LogP contribution in [0.2, 0.25) is 5.02 Å². The topological polar surface area (TPSA) is 84.5 Å². The van der Waals surface area contributed by atoms with E-state index in [0.29, 0.717) is 6.54 Å². The highest BCUT2D eigenvalue weighted by atomic mass is 35.5. The van der Waals surface area contributed by atoms with E-state index in [0.717, 1.165) is 19.4 Å². The molecule has 0 radical (unpaired) electrons. The molecule has 22 heavy (non-hydrogen) atoms. The third kappa shape index (κ3) is 4.57. The van der Waals surface area contributed by atoms with Crippen molar-refractivity contribution in [3.8, 4) is 0 Å². The molecule has 124 valence electrons. The first kappa shape index (κ1) is 19.2. The molecule has 1 aliphatic heterocycles. The van der Waals surface area contributed by atoms with Crippen LogP contribution in [0.15, 0.2) is 23.1 Å². The van der Waals surface area contributed by atoms with Crippen molar-refractivity contribution < 1.29 is 17.9 Å². The first-order valence-corrected chi connectivity index (χ1v) is 8.41. The second-order valence-electron chi connectivity index (χ2n) is 4.78. The molecule has 0 aliphatic carbocycles. The van der Waals surface area contributed by atoms with E-state index in [-0.39, 0.29) is 33.9 Å². The summed E-state index contributed by atoms with van der Waals surface area (Å²) in [5.74, 6) is -0.566. The number of rotatable bonds is 5. The zero-order valence-electron chi connectivity index (χ0n) is 12.0. The predicted molar refractivity (Wildman–Crippen MR) is 86.3 cm³/mol. The first-order chi connectivity index (χ1) is 9.94. The number of carbonyl (C=O) groups is 1. The molecule has 9 heteroatoms. The second kappa shape index (κ2) is 8.12. The van der Waals surface area contributed by atoms with E-state index in [1.165, 1.54) is 25.3 Å². The van der Waals surface area contributed by atoms with Gasteiger partial charge in [-0.25, -0.2) is 17.9 Å². The Bertz CT molecular complexity index is 631. The van der Waals surface area contributed by atoms with Crippen molar-refractivity contribution in [3.63, 3.8) is 0 Å². The largest absolute Gasteiger partial charge is 0.465 e. The third-order valence-corrected chi connectivity index (χ3v) is 5.23. The van der Waals surface area contributed by atoms with Crippen LogP contribution in [0, 0.1) is 0 Å². The normalized spacial score (nSPS) is 17.8. The van der Waals surface area contributed by atoms with Gasteiger partial charge in [-0.3, -0.25) is 0 Å². The number of benzene rings is 1. The molecule has 0 amide bonds. The molecule has 0 bridgehead atoms. The molecular formula is C13H18Cl2N2O4S. The van der Waals surface area contributed by atoms with Gasteiger partial charge in [-0.05, 0) is 37.6 Å². The van der Waals surface area contributed by atoms with Gasteiger partial charge in [0.25, 0.3) is 0 Å². The average molecular weight is 369 g/mol. The van der Waals surface area contributed by atoms with E-state index >= 15 is 0 Å². The molecule has 0 saturated carbocycles. The maximum atomic E-state index is 12.2. The lowest BCUT2D eigenvalue weighted by Crippen LogP contribution is -2.37. The van der Waals surface area contributed by atoms with Crippen LogP contribution >= 0.6 is 24.0 Å². The van der Waals surface area contributed by atoms with Gasteiger partial charge in [0, 0.05) is 12.6 Å². The Morgan fingerprint density at radius 1 is 1.50 bits per heavy atom. The lowest BCUT2D eigenvalue weighted by molar-refractivity contribution is 0.0600. The van der Waals surface area contributed by atoms with E-state index in [1.54, 1.807) is 0 Å². The summed E-state index contributed by atoms with van der Waals surface area (Å²) in [6.45, 7) is 1.22. The number of sulfonamides is 1. The van der Waals surface area contributed by atoms with Crippen LogP contribution < -0.4 is 10.0 Å². The molecule has 1 unspecified atom stereocenters. The minimum Gasteiger partial charge on any atom is -0.465 e. The molecule has 0 spiro atoms. The fourth-order valence-electron chi connectivity index (χ4n) is 2.18. The summed E-state index contributed by atoms with van der Waals surface area (Å²) in [4.78, 5) is 11.3. The number of carbonyl (C=O) groups excluding carboxylic acids is 1. The summed E-state index contributed by atoms with van der Waals surface area (Å²) in [6, 6.07) is 4.11. The number of esters is 1. The fourth-order valence-corrected chi connectivity index (χ4v) is 3.81. The molecule has 2 rings (SSSR count). The summed E-state index contributed by atoms with van der Waals surface area (Å²) in [5, 5.41) is 3.20. The Balaban J connectivity index is 0.00000242.